The fraction of sp³-hybridized carbons (Fsp3) is 0.375. The van der Waals surface area contributed by atoms with Gasteiger partial charge in [-0.1, -0.05) is 11.6 Å². The second kappa shape index (κ2) is 3.65. The Morgan fingerprint density at radius 3 is 2.21 bits per heavy atom. The summed E-state index contributed by atoms with van der Waals surface area (Å²) in [6.07, 6.45) is -4.45. The Bertz CT molecular complexity index is 336. The van der Waals surface area contributed by atoms with E-state index in [0.717, 1.165) is 6.07 Å². The van der Waals surface area contributed by atoms with E-state index in [1.54, 1.807) is 19.0 Å². The Morgan fingerprint density at radius 2 is 1.86 bits per heavy atom. The summed E-state index contributed by atoms with van der Waals surface area (Å²) in [6.45, 7) is 0. The lowest BCUT2D eigenvalue weighted by molar-refractivity contribution is -0.141. The molecule has 1 aromatic heterocycles. The van der Waals surface area contributed by atoms with Crippen LogP contribution in [0, 0.1) is 0 Å². The van der Waals surface area contributed by atoms with Gasteiger partial charge in [0.1, 0.15) is 5.69 Å². The molecule has 0 aliphatic carbocycles. The van der Waals surface area contributed by atoms with E-state index in [9.17, 15) is 13.2 Å². The normalized spacial score (nSPS) is 11.6. The zero-order valence-corrected chi connectivity index (χ0v) is 8.32. The zero-order chi connectivity index (χ0) is 10.9. The first kappa shape index (κ1) is 11.1. The zero-order valence-electron chi connectivity index (χ0n) is 7.56. The highest BCUT2D eigenvalue weighted by molar-refractivity contribution is 6.32. The van der Waals surface area contributed by atoms with Crippen molar-refractivity contribution in [3.05, 3.63) is 23.0 Å². The number of nitrogens with zero attached hydrogens (tertiary/aromatic N) is 2. The van der Waals surface area contributed by atoms with E-state index in [0.29, 0.717) is 5.69 Å². The molecule has 0 atom stereocenters. The summed E-state index contributed by atoms with van der Waals surface area (Å²) in [6, 6.07) is 2.19. The topological polar surface area (TPSA) is 16.1 Å². The largest absolute Gasteiger partial charge is 0.433 e. The van der Waals surface area contributed by atoms with Crippen LogP contribution in [-0.4, -0.2) is 19.1 Å². The predicted molar refractivity (Wildman–Crippen MR) is 48.6 cm³/mol. The summed E-state index contributed by atoms with van der Waals surface area (Å²) in [7, 11) is 3.35. The van der Waals surface area contributed by atoms with Crippen molar-refractivity contribution in [1.29, 1.82) is 0 Å². The first-order chi connectivity index (χ1) is 6.32. The van der Waals surface area contributed by atoms with Crippen molar-refractivity contribution in [3.63, 3.8) is 0 Å². The quantitative estimate of drug-likeness (QED) is 0.682. The van der Waals surface area contributed by atoms with Crippen LogP contribution < -0.4 is 4.90 Å². The van der Waals surface area contributed by atoms with Crippen LogP contribution in [0.2, 0.25) is 5.15 Å². The minimum Gasteiger partial charge on any atom is -0.375 e. The molecule has 1 aromatic rings. The highest BCUT2D eigenvalue weighted by Gasteiger charge is 2.32. The highest BCUT2D eigenvalue weighted by atomic mass is 35.5. The summed E-state index contributed by atoms with van der Waals surface area (Å²) in [5.41, 5.74) is -0.521. The van der Waals surface area contributed by atoms with Gasteiger partial charge in [-0.05, 0) is 12.1 Å². The lowest BCUT2D eigenvalue weighted by Crippen LogP contribution is -2.13. The maximum Gasteiger partial charge on any atom is 0.433 e. The molecule has 0 amide bonds. The molecule has 0 saturated carbocycles. The third-order valence-corrected chi connectivity index (χ3v) is 1.88. The smallest absolute Gasteiger partial charge is 0.375 e. The molecule has 0 radical (unpaired) electrons. The van der Waals surface area contributed by atoms with E-state index >= 15 is 0 Å². The molecule has 78 valence electrons. The van der Waals surface area contributed by atoms with Gasteiger partial charge in [0.05, 0.1) is 5.69 Å². The van der Waals surface area contributed by atoms with Crippen molar-refractivity contribution in [1.82, 2.24) is 4.98 Å². The number of pyridine rings is 1. The lowest BCUT2D eigenvalue weighted by atomic mass is 10.3. The number of anilines is 1. The average molecular weight is 225 g/mol. The van der Waals surface area contributed by atoms with Gasteiger partial charge in [-0.15, -0.1) is 0 Å². The molecular formula is C8H8ClF3N2. The third-order valence-electron chi connectivity index (χ3n) is 1.60. The van der Waals surface area contributed by atoms with Crippen molar-refractivity contribution >= 4 is 17.3 Å². The van der Waals surface area contributed by atoms with Crippen LogP contribution in [0.25, 0.3) is 0 Å². The minimum absolute atomic E-state index is 0.148. The molecule has 1 heterocycles. The number of hydrogen-bond acceptors (Lipinski definition) is 2. The third kappa shape index (κ3) is 2.29. The predicted octanol–water partition coefficient (Wildman–Crippen LogP) is 2.82. The van der Waals surface area contributed by atoms with Gasteiger partial charge in [0.15, 0.2) is 5.15 Å². The monoisotopic (exact) mass is 224 g/mol. The maximum atomic E-state index is 12.2. The summed E-state index contributed by atoms with van der Waals surface area (Å²) in [5, 5.41) is -0.148. The Hall–Kier alpha value is -0.970. The molecule has 2 nitrogen and oxygen atoms in total. The maximum absolute atomic E-state index is 12.2. The van der Waals surface area contributed by atoms with E-state index in [4.69, 9.17) is 11.6 Å². The van der Waals surface area contributed by atoms with Crippen LogP contribution in [-0.2, 0) is 6.18 Å². The number of aromatic nitrogens is 1. The van der Waals surface area contributed by atoms with Gasteiger partial charge in [0.2, 0.25) is 0 Å². The van der Waals surface area contributed by atoms with Crippen molar-refractivity contribution in [2.24, 2.45) is 0 Å². The highest BCUT2D eigenvalue weighted by Crippen LogP contribution is 2.31. The van der Waals surface area contributed by atoms with Gasteiger partial charge >= 0.3 is 6.18 Å². The minimum atomic E-state index is -4.45. The van der Waals surface area contributed by atoms with Crippen molar-refractivity contribution < 1.29 is 13.2 Å². The van der Waals surface area contributed by atoms with Gasteiger partial charge in [0, 0.05) is 14.1 Å². The van der Waals surface area contributed by atoms with Gasteiger partial charge in [-0.2, -0.15) is 13.2 Å². The summed E-state index contributed by atoms with van der Waals surface area (Å²) >= 11 is 5.58. The first-order valence-electron chi connectivity index (χ1n) is 3.73. The fourth-order valence-corrected chi connectivity index (χ4v) is 1.24. The van der Waals surface area contributed by atoms with E-state index in [-0.39, 0.29) is 5.15 Å². The van der Waals surface area contributed by atoms with Crippen LogP contribution in [0.1, 0.15) is 5.69 Å². The Kier molecular flexibility index (Phi) is 2.89. The molecule has 0 aromatic carbocycles. The lowest BCUT2D eigenvalue weighted by Gasteiger charge is -2.14. The van der Waals surface area contributed by atoms with Gasteiger partial charge < -0.3 is 4.90 Å². The number of hydrogen-bond donors (Lipinski definition) is 0. The van der Waals surface area contributed by atoms with Gasteiger partial charge in [-0.25, -0.2) is 4.98 Å². The fourth-order valence-electron chi connectivity index (χ4n) is 0.918. The molecule has 1 rings (SSSR count). The van der Waals surface area contributed by atoms with Crippen LogP contribution in [0.5, 0.6) is 0 Å². The summed E-state index contributed by atoms with van der Waals surface area (Å²) in [4.78, 5) is 4.86. The molecule has 0 aliphatic heterocycles. The second-order valence-electron chi connectivity index (χ2n) is 2.90. The van der Waals surface area contributed by atoms with Crippen LogP contribution in [0.3, 0.4) is 0 Å². The van der Waals surface area contributed by atoms with Crippen molar-refractivity contribution in [2.75, 3.05) is 19.0 Å². The van der Waals surface area contributed by atoms with E-state index in [1.807, 2.05) is 0 Å². The van der Waals surface area contributed by atoms with Crippen LogP contribution in [0.4, 0.5) is 18.9 Å². The van der Waals surface area contributed by atoms with Crippen LogP contribution >= 0.6 is 11.6 Å². The first-order valence-corrected chi connectivity index (χ1v) is 4.11. The molecule has 0 fully saturated rings. The standard InChI is InChI=1S/C8H8ClF3N2/c1-14(2)5-3-4-6(8(10,11)12)13-7(5)9/h3-4H,1-2H3. The summed E-state index contributed by atoms with van der Waals surface area (Å²) < 4.78 is 36.5. The second-order valence-corrected chi connectivity index (χ2v) is 3.26. The number of rotatable bonds is 1. The van der Waals surface area contributed by atoms with Crippen molar-refractivity contribution in [3.8, 4) is 0 Å². The molecule has 0 saturated heterocycles. The molecule has 0 spiro atoms. The molecule has 14 heavy (non-hydrogen) atoms. The molecular weight excluding hydrogens is 217 g/mol. The van der Waals surface area contributed by atoms with E-state index < -0.39 is 11.9 Å². The Morgan fingerprint density at radius 1 is 1.29 bits per heavy atom. The van der Waals surface area contributed by atoms with Gasteiger partial charge in [0.25, 0.3) is 0 Å². The molecule has 0 bridgehead atoms. The van der Waals surface area contributed by atoms with Crippen LogP contribution in [0.15, 0.2) is 12.1 Å². The Balaban J connectivity index is 3.13. The average Bonchev–Trinajstić information content (AvgIpc) is 2.01. The number of alkyl halides is 3. The summed E-state index contributed by atoms with van der Waals surface area (Å²) in [5.74, 6) is 0. The van der Waals surface area contributed by atoms with Gasteiger partial charge in [-0.3, -0.25) is 0 Å². The number of halogens is 4. The molecule has 0 N–H and O–H groups in total. The Labute approximate surface area is 84.3 Å². The molecule has 6 heteroatoms. The molecule has 0 aliphatic rings. The van der Waals surface area contributed by atoms with E-state index in [2.05, 4.69) is 4.98 Å². The SMILES string of the molecule is CN(C)c1ccc(C(F)(F)F)nc1Cl. The van der Waals surface area contributed by atoms with Crippen molar-refractivity contribution in [2.45, 2.75) is 6.18 Å². The molecule has 0 unspecified atom stereocenters. The van der Waals surface area contributed by atoms with E-state index in [1.165, 1.54) is 6.07 Å².